The van der Waals surface area contributed by atoms with E-state index in [-0.39, 0.29) is 18.0 Å². The molecule has 0 saturated heterocycles. The van der Waals surface area contributed by atoms with E-state index in [0.29, 0.717) is 6.54 Å². The number of nitrogens with one attached hydrogen (secondary N) is 1. The van der Waals surface area contributed by atoms with Gasteiger partial charge < -0.3 is 19.7 Å². The molecule has 4 rings (SSSR count). The zero-order valence-electron chi connectivity index (χ0n) is 17.0. The van der Waals surface area contributed by atoms with Gasteiger partial charge in [0, 0.05) is 48.3 Å². The summed E-state index contributed by atoms with van der Waals surface area (Å²) in [6.07, 6.45) is 3.73. The average molecular weight is 411 g/mol. The molecule has 0 spiro atoms. The number of anilines is 1. The number of amides is 3. The van der Waals surface area contributed by atoms with E-state index >= 15 is 0 Å². The van der Waals surface area contributed by atoms with Crippen molar-refractivity contribution in [1.82, 2.24) is 14.4 Å². The lowest BCUT2D eigenvalue weighted by molar-refractivity contribution is -0.129. The molecule has 0 bridgehead atoms. The Morgan fingerprint density at radius 3 is 2.83 bits per heavy atom. The first kappa shape index (κ1) is 19.5. The predicted octanol–water partition coefficient (Wildman–Crippen LogP) is 4.33. The van der Waals surface area contributed by atoms with Crippen molar-refractivity contribution < 1.29 is 9.59 Å². The lowest BCUT2D eigenvalue weighted by Crippen LogP contribution is -2.41. The van der Waals surface area contributed by atoms with Crippen molar-refractivity contribution in [2.24, 2.45) is 0 Å². The van der Waals surface area contributed by atoms with Crippen LogP contribution in [0, 0.1) is 0 Å². The molecule has 29 heavy (non-hydrogen) atoms. The van der Waals surface area contributed by atoms with Crippen LogP contribution >= 0.6 is 11.3 Å². The molecule has 1 aliphatic rings. The monoisotopic (exact) mass is 410 g/mol. The Hall–Kier alpha value is -2.80. The molecular weight excluding hydrogens is 384 g/mol. The van der Waals surface area contributed by atoms with Gasteiger partial charge in [0.15, 0.2) is 0 Å². The molecule has 3 heterocycles. The highest BCUT2D eigenvalue weighted by molar-refractivity contribution is 7.10. The molecule has 3 amide bonds. The Kier molecular flexibility index (Phi) is 5.32. The maximum absolute atomic E-state index is 13.0. The standard InChI is InChI=1S/C22H26N4O2S/c1-4-18-17-9-12-29-20(17)8-11-26(18)22(28)23-16-5-6-19-15(13-16)7-10-25(19)14-21(27)24(2)3/h5-7,9-10,12-13,18H,4,8,11,14H2,1-3H3,(H,23,28). The van der Waals surface area contributed by atoms with Crippen molar-refractivity contribution >= 4 is 39.9 Å². The number of carbonyl (C=O) groups is 2. The van der Waals surface area contributed by atoms with Crippen molar-refractivity contribution in [1.29, 1.82) is 0 Å². The molecule has 152 valence electrons. The van der Waals surface area contributed by atoms with Gasteiger partial charge >= 0.3 is 6.03 Å². The molecule has 0 radical (unpaired) electrons. The average Bonchev–Trinajstić information content (AvgIpc) is 3.33. The number of carbonyl (C=O) groups excluding carboxylic acids is 2. The largest absolute Gasteiger partial charge is 0.347 e. The topological polar surface area (TPSA) is 57.6 Å². The third kappa shape index (κ3) is 3.74. The van der Waals surface area contributed by atoms with Gasteiger partial charge in [0.1, 0.15) is 6.54 Å². The second-order valence-electron chi connectivity index (χ2n) is 7.60. The summed E-state index contributed by atoms with van der Waals surface area (Å²) < 4.78 is 1.93. The molecule has 1 aromatic carbocycles. The summed E-state index contributed by atoms with van der Waals surface area (Å²) in [5, 5.41) is 6.18. The zero-order chi connectivity index (χ0) is 20.5. The van der Waals surface area contributed by atoms with Crippen molar-refractivity contribution in [3.05, 3.63) is 52.3 Å². The first-order valence-corrected chi connectivity index (χ1v) is 10.8. The number of likely N-dealkylation sites (N-methyl/N-ethyl adjacent to an activating group) is 1. The molecule has 3 aromatic rings. The van der Waals surface area contributed by atoms with Gasteiger partial charge in [-0.2, -0.15) is 0 Å². The molecule has 1 atom stereocenters. The lowest BCUT2D eigenvalue weighted by atomic mass is 9.98. The summed E-state index contributed by atoms with van der Waals surface area (Å²) in [5.74, 6) is 0.0448. The fourth-order valence-electron chi connectivity index (χ4n) is 3.98. The molecule has 0 saturated carbocycles. The first-order valence-electron chi connectivity index (χ1n) is 9.91. The zero-order valence-corrected chi connectivity index (χ0v) is 17.8. The second kappa shape index (κ2) is 7.91. The van der Waals surface area contributed by atoms with Gasteiger partial charge in [0.2, 0.25) is 5.91 Å². The second-order valence-corrected chi connectivity index (χ2v) is 8.60. The van der Waals surface area contributed by atoms with E-state index in [1.165, 1.54) is 10.4 Å². The summed E-state index contributed by atoms with van der Waals surface area (Å²) >= 11 is 1.78. The van der Waals surface area contributed by atoms with Crippen LogP contribution < -0.4 is 5.32 Å². The van der Waals surface area contributed by atoms with Gasteiger partial charge in [0.05, 0.1) is 6.04 Å². The van der Waals surface area contributed by atoms with Crippen molar-refractivity contribution in [2.75, 3.05) is 26.0 Å². The predicted molar refractivity (Wildman–Crippen MR) is 117 cm³/mol. The Bertz CT molecular complexity index is 1050. The van der Waals surface area contributed by atoms with Gasteiger partial charge in [0.25, 0.3) is 0 Å². The van der Waals surface area contributed by atoms with Gasteiger partial charge in [-0.1, -0.05) is 6.92 Å². The molecule has 1 unspecified atom stereocenters. The summed E-state index contributed by atoms with van der Waals surface area (Å²) in [7, 11) is 3.51. The van der Waals surface area contributed by atoms with Crippen LogP contribution in [0.25, 0.3) is 10.9 Å². The van der Waals surface area contributed by atoms with E-state index in [1.807, 2.05) is 39.9 Å². The van der Waals surface area contributed by atoms with Gasteiger partial charge in [-0.15, -0.1) is 11.3 Å². The number of urea groups is 1. The molecule has 1 aliphatic heterocycles. The third-order valence-electron chi connectivity index (χ3n) is 5.57. The fraction of sp³-hybridized carbons (Fsp3) is 0.364. The Balaban J connectivity index is 1.51. The highest BCUT2D eigenvalue weighted by Crippen LogP contribution is 2.35. The third-order valence-corrected chi connectivity index (χ3v) is 6.57. The number of aromatic nitrogens is 1. The molecule has 1 N–H and O–H groups in total. The number of thiophene rings is 1. The van der Waals surface area contributed by atoms with E-state index in [1.54, 1.807) is 30.3 Å². The molecular formula is C22H26N4O2S. The van der Waals surface area contributed by atoms with Crippen molar-refractivity contribution in [3.8, 4) is 0 Å². The van der Waals surface area contributed by atoms with Crippen LogP contribution in [0.4, 0.5) is 10.5 Å². The number of rotatable bonds is 4. The highest BCUT2D eigenvalue weighted by Gasteiger charge is 2.30. The SMILES string of the molecule is CCC1c2ccsc2CCN1C(=O)Nc1ccc2c(ccn2CC(=O)N(C)C)c1. The Morgan fingerprint density at radius 1 is 1.24 bits per heavy atom. The number of benzene rings is 1. The Morgan fingerprint density at radius 2 is 2.07 bits per heavy atom. The maximum atomic E-state index is 13.0. The summed E-state index contributed by atoms with van der Waals surface area (Å²) in [6.45, 7) is 3.17. The lowest BCUT2D eigenvalue weighted by Gasteiger charge is -2.35. The fourth-order valence-corrected chi connectivity index (χ4v) is 4.91. The molecule has 0 fully saturated rings. The molecule has 6 nitrogen and oxygen atoms in total. The minimum atomic E-state index is -0.0599. The Labute approximate surface area is 174 Å². The van der Waals surface area contributed by atoms with Crippen LogP contribution in [-0.2, 0) is 17.8 Å². The molecule has 2 aromatic heterocycles. The smallest absolute Gasteiger partial charge is 0.322 e. The normalized spacial score (nSPS) is 16.0. The van der Waals surface area contributed by atoms with Crippen LogP contribution in [0.15, 0.2) is 41.9 Å². The van der Waals surface area contributed by atoms with Crippen LogP contribution in [0.1, 0.15) is 29.8 Å². The maximum Gasteiger partial charge on any atom is 0.322 e. The van der Waals surface area contributed by atoms with E-state index in [4.69, 9.17) is 0 Å². The highest BCUT2D eigenvalue weighted by atomic mass is 32.1. The summed E-state index contributed by atoms with van der Waals surface area (Å²) in [4.78, 5) is 29.9. The molecule has 7 heteroatoms. The number of nitrogens with zero attached hydrogens (tertiary/aromatic N) is 3. The van der Waals surface area contributed by atoms with Crippen LogP contribution in [-0.4, -0.2) is 46.9 Å². The first-order chi connectivity index (χ1) is 14.0. The van der Waals surface area contributed by atoms with Crippen LogP contribution in [0.3, 0.4) is 0 Å². The van der Waals surface area contributed by atoms with Crippen LogP contribution in [0.2, 0.25) is 0 Å². The van der Waals surface area contributed by atoms with Crippen molar-refractivity contribution in [2.45, 2.75) is 32.4 Å². The van der Waals surface area contributed by atoms with Gasteiger partial charge in [-0.3, -0.25) is 4.79 Å². The van der Waals surface area contributed by atoms with Crippen molar-refractivity contribution in [3.63, 3.8) is 0 Å². The van der Waals surface area contributed by atoms with E-state index in [9.17, 15) is 9.59 Å². The van der Waals surface area contributed by atoms with E-state index in [2.05, 4.69) is 23.7 Å². The summed E-state index contributed by atoms with van der Waals surface area (Å²) in [5.41, 5.74) is 3.03. The quantitative estimate of drug-likeness (QED) is 0.696. The van der Waals surface area contributed by atoms with Crippen LogP contribution in [0.5, 0.6) is 0 Å². The summed E-state index contributed by atoms with van der Waals surface area (Å²) in [6, 6.07) is 10.0. The number of hydrogen-bond acceptors (Lipinski definition) is 3. The van der Waals surface area contributed by atoms with E-state index < -0.39 is 0 Å². The molecule has 0 aliphatic carbocycles. The van der Waals surface area contributed by atoms with Gasteiger partial charge in [-0.05, 0) is 54.1 Å². The minimum Gasteiger partial charge on any atom is -0.347 e. The van der Waals surface area contributed by atoms with Gasteiger partial charge in [-0.25, -0.2) is 4.79 Å². The number of fused-ring (bicyclic) bond motifs is 2. The van der Waals surface area contributed by atoms with E-state index in [0.717, 1.165) is 36.0 Å². The number of hydrogen-bond donors (Lipinski definition) is 1. The minimum absolute atomic E-state index is 0.0448.